The fraction of sp³-hybridized carbons (Fsp3) is 0. The Morgan fingerprint density at radius 1 is 0.326 bits per heavy atom. The van der Waals surface area contributed by atoms with E-state index in [0.717, 1.165) is 60.6 Å². The van der Waals surface area contributed by atoms with Crippen LogP contribution in [0.15, 0.2) is 167 Å². The monoisotopic (exact) mass is 586 g/mol. The first-order chi connectivity index (χ1) is 22.8. The Labute approximate surface area is 264 Å². The molecule has 0 fully saturated rings. The third kappa shape index (κ3) is 3.65. The molecule has 0 spiro atoms. The summed E-state index contributed by atoms with van der Waals surface area (Å²) in [4.78, 5) is 0. The lowest BCUT2D eigenvalue weighted by molar-refractivity contribution is 0.669. The van der Waals surface area contributed by atoms with Gasteiger partial charge in [-0.2, -0.15) is 0 Å². The predicted molar refractivity (Wildman–Crippen MR) is 192 cm³/mol. The molecule has 46 heavy (non-hydrogen) atoms. The third-order valence-electron chi connectivity index (χ3n) is 9.48. The van der Waals surface area contributed by atoms with E-state index < -0.39 is 0 Å². The van der Waals surface area contributed by atoms with Gasteiger partial charge in [0.05, 0.1) is 0 Å². The van der Waals surface area contributed by atoms with Gasteiger partial charge in [0.1, 0.15) is 22.3 Å². The smallest absolute Gasteiger partial charge is 0.144 e. The van der Waals surface area contributed by atoms with Crippen molar-refractivity contribution < 1.29 is 8.83 Å². The molecule has 0 bridgehead atoms. The van der Waals surface area contributed by atoms with Gasteiger partial charge >= 0.3 is 0 Å². The fourth-order valence-corrected chi connectivity index (χ4v) is 7.41. The molecule has 0 unspecified atom stereocenters. The second-order valence-corrected chi connectivity index (χ2v) is 12.0. The van der Waals surface area contributed by atoms with E-state index in [4.69, 9.17) is 8.83 Å². The van der Waals surface area contributed by atoms with Crippen molar-refractivity contribution in [3.63, 3.8) is 0 Å². The Kier molecular flexibility index (Phi) is 5.31. The van der Waals surface area contributed by atoms with E-state index in [1.165, 1.54) is 38.2 Å². The topological polar surface area (TPSA) is 26.3 Å². The van der Waals surface area contributed by atoms with Crippen molar-refractivity contribution >= 4 is 65.4 Å². The third-order valence-corrected chi connectivity index (χ3v) is 9.48. The van der Waals surface area contributed by atoms with Gasteiger partial charge in [0.2, 0.25) is 0 Å². The molecule has 10 rings (SSSR count). The number of para-hydroxylation sites is 2. The molecular formula is C44H26O2. The Bertz CT molecular complexity index is 2790. The summed E-state index contributed by atoms with van der Waals surface area (Å²) in [6.45, 7) is 0. The van der Waals surface area contributed by atoms with Gasteiger partial charge in [0, 0.05) is 32.7 Å². The molecule has 10 aromatic rings. The molecule has 0 aliphatic heterocycles. The van der Waals surface area contributed by atoms with Gasteiger partial charge in [-0.3, -0.25) is 0 Å². The first-order valence-corrected chi connectivity index (χ1v) is 15.7. The molecule has 0 atom stereocenters. The van der Waals surface area contributed by atoms with Crippen LogP contribution in [-0.2, 0) is 0 Å². The summed E-state index contributed by atoms with van der Waals surface area (Å²) in [6.07, 6.45) is 0. The number of hydrogen-bond donors (Lipinski definition) is 0. The van der Waals surface area contributed by atoms with E-state index >= 15 is 0 Å². The maximum absolute atomic E-state index is 6.80. The van der Waals surface area contributed by atoms with E-state index in [1.807, 2.05) is 18.2 Å². The average Bonchev–Trinajstić information content (AvgIpc) is 3.69. The largest absolute Gasteiger partial charge is 0.456 e. The summed E-state index contributed by atoms with van der Waals surface area (Å²) >= 11 is 0. The lowest BCUT2D eigenvalue weighted by Gasteiger charge is -2.15. The summed E-state index contributed by atoms with van der Waals surface area (Å²) in [5, 5.41) is 9.36. The van der Waals surface area contributed by atoms with E-state index in [2.05, 4.69) is 140 Å². The maximum Gasteiger partial charge on any atom is 0.144 e. The molecule has 0 N–H and O–H groups in total. The molecule has 2 aromatic heterocycles. The van der Waals surface area contributed by atoms with Crippen LogP contribution in [0.1, 0.15) is 0 Å². The van der Waals surface area contributed by atoms with Gasteiger partial charge in [0.15, 0.2) is 0 Å². The second-order valence-electron chi connectivity index (χ2n) is 12.0. The number of rotatable bonds is 3. The molecule has 2 heterocycles. The molecule has 8 aromatic carbocycles. The van der Waals surface area contributed by atoms with Crippen molar-refractivity contribution in [1.29, 1.82) is 0 Å². The molecule has 0 aliphatic carbocycles. The molecule has 0 saturated carbocycles. The molecule has 2 nitrogen and oxygen atoms in total. The highest BCUT2D eigenvalue weighted by molar-refractivity contribution is 6.27. The second kappa shape index (κ2) is 9.69. The minimum atomic E-state index is 0.887. The first kappa shape index (κ1) is 25.2. The highest BCUT2D eigenvalue weighted by Gasteiger charge is 2.23. The summed E-state index contributed by atoms with van der Waals surface area (Å²) < 4.78 is 13.0. The average molecular weight is 587 g/mol. The van der Waals surface area contributed by atoms with Crippen LogP contribution in [0, 0.1) is 0 Å². The van der Waals surface area contributed by atoms with E-state index in [-0.39, 0.29) is 0 Å². The zero-order valence-electron chi connectivity index (χ0n) is 24.8. The Balaban J connectivity index is 1.26. The molecular weight excluding hydrogens is 560 g/mol. The lowest BCUT2D eigenvalue weighted by Crippen LogP contribution is -1.89. The van der Waals surface area contributed by atoms with Crippen LogP contribution >= 0.6 is 0 Å². The van der Waals surface area contributed by atoms with Gasteiger partial charge in [-0.25, -0.2) is 0 Å². The van der Waals surface area contributed by atoms with Crippen LogP contribution < -0.4 is 0 Å². The normalized spacial score (nSPS) is 11.9. The standard InChI is InChI=1S/C44H26O2/c1-2-12-31-27(10-1)11-9-17-32(31)28-20-22-29(23-21-28)42-35-15-4-3-14-34(35)41(43-36-16-6-8-19-39(36)46-44(42)43)30-24-25-40-37(26-30)33-13-5-7-18-38(33)45-40/h1-26H. The summed E-state index contributed by atoms with van der Waals surface area (Å²) in [5.74, 6) is 0. The number of fused-ring (bicyclic) bond motifs is 8. The van der Waals surface area contributed by atoms with Crippen LogP contribution in [0.3, 0.4) is 0 Å². The highest BCUT2D eigenvalue weighted by atomic mass is 16.3. The van der Waals surface area contributed by atoms with Gasteiger partial charge in [-0.1, -0.05) is 133 Å². The molecule has 0 radical (unpaired) electrons. The maximum atomic E-state index is 6.80. The zero-order valence-corrected chi connectivity index (χ0v) is 24.8. The van der Waals surface area contributed by atoms with Crippen molar-refractivity contribution in [2.24, 2.45) is 0 Å². The summed E-state index contributed by atoms with van der Waals surface area (Å²) in [7, 11) is 0. The summed E-state index contributed by atoms with van der Waals surface area (Å²) in [5.41, 5.74) is 10.6. The van der Waals surface area contributed by atoms with E-state index in [0.29, 0.717) is 0 Å². The fourth-order valence-electron chi connectivity index (χ4n) is 7.41. The van der Waals surface area contributed by atoms with Crippen molar-refractivity contribution in [3.05, 3.63) is 158 Å². The minimum Gasteiger partial charge on any atom is -0.456 e. The Morgan fingerprint density at radius 2 is 0.891 bits per heavy atom. The van der Waals surface area contributed by atoms with Gasteiger partial charge in [-0.15, -0.1) is 0 Å². The van der Waals surface area contributed by atoms with Gasteiger partial charge in [0.25, 0.3) is 0 Å². The number of furan rings is 2. The van der Waals surface area contributed by atoms with Gasteiger partial charge < -0.3 is 8.83 Å². The molecule has 0 amide bonds. The SMILES string of the molecule is c1ccc2c(-c3ccc(-c4c5ccccc5c(-c5ccc6oc7ccccc7c6c5)c5c4oc4ccccc45)cc3)cccc2c1. The quantitative estimate of drug-likeness (QED) is 0.206. The van der Waals surface area contributed by atoms with Crippen molar-refractivity contribution in [2.75, 3.05) is 0 Å². The lowest BCUT2D eigenvalue weighted by atomic mass is 9.87. The first-order valence-electron chi connectivity index (χ1n) is 15.7. The minimum absolute atomic E-state index is 0.887. The number of benzene rings is 8. The van der Waals surface area contributed by atoms with Crippen LogP contribution in [0.5, 0.6) is 0 Å². The van der Waals surface area contributed by atoms with Crippen LogP contribution in [0.2, 0.25) is 0 Å². The van der Waals surface area contributed by atoms with Gasteiger partial charge in [-0.05, 0) is 68.1 Å². The highest BCUT2D eigenvalue weighted by Crippen LogP contribution is 2.48. The molecule has 214 valence electrons. The van der Waals surface area contributed by atoms with Crippen molar-refractivity contribution in [3.8, 4) is 33.4 Å². The van der Waals surface area contributed by atoms with E-state index in [1.54, 1.807) is 0 Å². The summed E-state index contributed by atoms with van der Waals surface area (Å²) in [6, 6.07) is 56.0. The van der Waals surface area contributed by atoms with Crippen LogP contribution in [-0.4, -0.2) is 0 Å². The number of hydrogen-bond acceptors (Lipinski definition) is 2. The van der Waals surface area contributed by atoms with Crippen LogP contribution in [0.4, 0.5) is 0 Å². The molecule has 0 aliphatic rings. The van der Waals surface area contributed by atoms with E-state index in [9.17, 15) is 0 Å². The molecule has 2 heteroatoms. The Hall–Kier alpha value is -6.12. The van der Waals surface area contributed by atoms with Crippen molar-refractivity contribution in [2.45, 2.75) is 0 Å². The Morgan fingerprint density at radius 3 is 1.70 bits per heavy atom. The molecule has 0 saturated heterocycles. The predicted octanol–water partition coefficient (Wildman–Crippen LogP) is 12.8. The van der Waals surface area contributed by atoms with Crippen molar-refractivity contribution in [1.82, 2.24) is 0 Å². The zero-order chi connectivity index (χ0) is 30.2. The van der Waals surface area contributed by atoms with Crippen LogP contribution in [0.25, 0.3) is 98.8 Å².